The first-order valence-electron chi connectivity index (χ1n) is 7.90. The summed E-state index contributed by atoms with van der Waals surface area (Å²) in [5.41, 5.74) is 7.50. The molecule has 0 fully saturated rings. The number of benzene rings is 2. The molecule has 132 valence electrons. The van der Waals surface area contributed by atoms with Crippen LogP contribution < -0.4 is 11.1 Å². The van der Waals surface area contributed by atoms with Gasteiger partial charge < -0.3 is 11.1 Å². The predicted molar refractivity (Wildman–Crippen MR) is 96.5 cm³/mol. The van der Waals surface area contributed by atoms with E-state index < -0.39 is 10.8 Å². The Morgan fingerprint density at radius 1 is 1.19 bits per heavy atom. The van der Waals surface area contributed by atoms with Crippen LogP contribution in [0.1, 0.15) is 21.5 Å². The van der Waals surface area contributed by atoms with Crippen LogP contribution in [0.5, 0.6) is 0 Å². The molecule has 3 N–H and O–H groups in total. The molecule has 0 aliphatic carbocycles. The number of nitro groups is 1. The van der Waals surface area contributed by atoms with Crippen molar-refractivity contribution < 1.29 is 9.72 Å². The van der Waals surface area contributed by atoms with Crippen molar-refractivity contribution in [2.45, 2.75) is 13.1 Å². The first-order valence-corrected chi connectivity index (χ1v) is 7.90. The zero-order chi connectivity index (χ0) is 18.5. The van der Waals surface area contributed by atoms with Crippen molar-refractivity contribution in [1.29, 1.82) is 0 Å². The Morgan fingerprint density at radius 3 is 2.58 bits per heavy atom. The van der Waals surface area contributed by atoms with E-state index in [0.29, 0.717) is 13.1 Å². The van der Waals surface area contributed by atoms with Crippen molar-refractivity contribution >= 4 is 17.3 Å². The maximum absolute atomic E-state index is 12.2. The lowest BCUT2D eigenvalue weighted by molar-refractivity contribution is -0.383. The van der Waals surface area contributed by atoms with E-state index in [4.69, 9.17) is 5.73 Å². The van der Waals surface area contributed by atoms with Gasteiger partial charge in [-0.2, -0.15) is 5.10 Å². The Morgan fingerprint density at radius 2 is 1.92 bits per heavy atom. The number of nitrogens with two attached hydrogens (primary N) is 1. The summed E-state index contributed by atoms with van der Waals surface area (Å²) in [5.74, 6) is -0.395. The molecule has 26 heavy (non-hydrogen) atoms. The normalized spacial score (nSPS) is 10.5. The molecule has 1 aromatic heterocycles. The van der Waals surface area contributed by atoms with Crippen LogP contribution in [0.4, 0.5) is 11.4 Å². The maximum atomic E-state index is 12.2. The van der Waals surface area contributed by atoms with E-state index in [2.05, 4.69) is 10.4 Å². The highest BCUT2D eigenvalue weighted by Gasteiger charge is 2.15. The van der Waals surface area contributed by atoms with Gasteiger partial charge in [0.2, 0.25) is 0 Å². The molecule has 0 atom stereocenters. The highest BCUT2D eigenvalue weighted by molar-refractivity contribution is 5.95. The fourth-order valence-electron chi connectivity index (χ4n) is 2.47. The number of nitrogens with zero attached hydrogens (tertiary/aromatic N) is 3. The number of nitro benzene ring substituents is 1. The minimum atomic E-state index is -0.607. The van der Waals surface area contributed by atoms with Crippen LogP contribution in [0.15, 0.2) is 60.9 Å². The molecule has 3 aromatic rings. The van der Waals surface area contributed by atoms with Gasteiger partial charge in [-0.3, -0.25) is 19.6 Å². The van der Waals surface area contributed by atoms with Crippen LogP contribution in [-0.2, 0) is 13.1 Å². The van der Waals surface area contributed by atoms with Crippen molar-refractivity contribution in [1.82, 2.24) is 15.1 Å². The summed E-state index contributed by atoms with van der Waals surface area (Å²) in [6.07, 6.45) is 3.62. The summed E-state index contributed by atoms with van der Waals surface area (Å²) in [5, 5.41) is 17.8. The van der Waals surface area contributed by atoms with Crippen molar-refractivity contribution in [3.63, 3.8) is 0 Å². The molecule has 1 heterocycles. The van der Waals surface area contributed by atoms with Gasteiger partial charge in [-0.1, -0.05) is 24.3 Å². The van der Waals surface area contributed by atoms with Gasteiger partial charge in [0.05, 0.1) is 11.5 Å². The Labute approximate surface area is 149 Å². The second-order valence-electron chi connectivity index (χ2n) is 5.73. The van der Waals surface area contributed by atoms with Crippen LogP contribution in [0.2, 0.25) is 0 Å². The van der Waals surface area contributed by atoms with Gasteiger partial charge in [-0.15, -0.1) is 0 Å². The smallest absolute Gasteiger partial charge is 0.292 e. The Hall–Kier alpha value is -3.68. The topological polar surface area (TPSA) is 116 Å². The van der Waals surface area contributed by atoms with Crippen molar-refractivity contribution in [3.8, 4) is 0 Å². The quantitative estimate of drug-likeness (QED) is 0.402. The Bertz CT molecular complexity index is 921. The number of aromatic nitrogens is 2. The Kier molecular flexibility index (Phi) is 4.93. The lowest BCUT2D eigenvalue weighted by Gasteiger charge is -2.07. The first-order chi connectivity index (χ1) is 12.5. The number of amides is 1. The van der Waals surface area contributed by atoms with Gasteiger partial charge in [0, 0.05) is 30.6 Å². The molecule has 0 aliphatic heterocycles. The molecule has 3 rings (SSSR count). The number of carbonyl (C=O) groups is 1. The van der Waals surface area contributed by atoms with Crippen LogP contribution >= 0.6 is 0 Å². The molecule has 0 aliphatic rings. The summed E-state index contributed by atoms with van der Waals surface area (Å²) >= 11 is 0. The van der Waals surface area contributed by atoms with E-state index in [-0.39, 0.29) is 16.9 Å². The van der Waals surface area contributed by atoms with Gasteiger partial charge >= 0.3 is 0 Å². The van der Waals surface area contributed by atoms with Crippen LogP contribution in [0.3, 0.4) is 0 Å². The molecule has 0 spiro atoms. The standard InChI is InChI=1S/C18H17N5O3/c19-16-7-6-15(10-17(16)23(25)26)18(24)20-11-13-2-4-14(5-3-13)12-22-9-1-8-21-22/h1-10H,11-12,19H2,(H,20,24). The molecule has 1 amide bonds. The second kappa shape index (κ2) is 7.47. The van der Waals surface area contributed by atoms with Crippen LogP contribution in [0.25, 0.3) is 0 Å². The monoisotopic (exact) mass is 351 g/mol. The zero-order valence-corrected chi connectivity index (χ0v) is 13.8. The number of rotatable bonds is 6. The Balaban J connectivity index is 1.61. The average molecular weight is 351 g/mol. The lowest BCUT2D eigenvalue weighted by atomic mass is 10.1. The third-order valence-corrected chi connectivity index (χ3v) is 3.87. The predicted octanol–water partition coefficient (Wildman–Crippen LogP) is 2.35. The molecule has 0 unspecified atom stereocenters. The minimum absolute atomic E-state index is 0.0271. The van der Waals surface area contributed by atoms with Gasteiger partial charge in [0.15, 0.2) is 0 Å². The van der Waals surface area contributed by atoms with Gasteiger partial charge in [-0.05, 0) is 29.3 Å². The SMILES string of the molecule is Nc1ccc(C(=O)NCc2ccc(Cn3cccn3)cc2)cc1[N+](=O)[O-]. The van der Waals surface area contributed by atoms with E-state index in [9.17, 15) is 14.9 Å². The molecule has 0 saturated carbocycles. The summed E-state index contributed by atoms with van der Waals surface area (Å²) in [6.45, 7) is 0.994. The minimum Gasteiger partial charge on any atom is -0.393 e. The molecule has 8 heteroatoms. The highest BCUT2D eigenvalue weighted by atomic mass is 16.6. The fourth-order valence-corrected chi connectivity index (χ4v) is 2.47. The first kappa shape index (κ1) is 17.2. The molecule has 2 aromatic carbocycles. The number of anilines is 1. The van der Waals surface area contributed by atoms with Gasteiger partial charge in [0.25, 0.3) is 11.6 Å². The molecule has 0 radical (unpaired) electrons. The summed E-state index contributed by atoms with van der Waals surface area (Å²) in [7, 11) is 0. The molecule has 0 bridgehead atoms. The van der Waals surface area contributed by atoms with E-state index >= 15 is 0 Å². The zero-order valence-electron chi connectivity index (χ0n) is 13.8. The number of hydrogen-bond acceptors (Lipinski definition) is 5. The third-order valence-electron chi connectivity index (χ3n) is 3.87. The van der Waals surface area contributed by atoms with E-state index in [1.807, 2.05) is 41.2 Å². The molecular formula is C18H17N5O3. The molecule has 0 saturated heterocycles. The van der Waals surface area contributed by atoms with Crippen molar-refractivity contribution in [2.75, 3.05) is 5.73 Å². The van der Waals surface area contributed by atoms with E-state index in [0.717, 1.165) is 11.1 Å². The second-order valence-corrected chi connectivity index (χ2v) is 5.73. The lowest BCUT2D eigenvalue weighted by Crippen LogP contribution is -2.23. The van der Waals surface area contributed by atoms with Gasteiger partial charge in [-0.25, -0.2) is 0 Å². The molecular weight excluding hydrogens is 334 g/mol. The van der Waals surface area contributed by atoms with E-state index in [1.165, 1.54) is 18.2 Å². The fraction of sp³-hybridized carbons (Fsp3) is 0.111. The summed E-state index contributed by atoms with van der Waals surface area (Å²) in [4.78, 5) is 22.5. The number of nitrogen functional groups attached to an aromatic ring is 1. The number of hydrogen-bond donors (Lipinski definition) is 2. The van der Waals surface area contributed by atoms with Crippen molar-refractivity contribution in [3.05, 3.63) is 87.7 Å². The third kappa shape index (κ3) is 4.04. The molecule has 8 nitrogen and oxygen atoms in total. The van der Waals surface area contributed by atoms with Crippen LogP contribution in [-0.4, -0.2) is 20.6 Å². The summed E-state index contributed by atoms with van der Waals surface area (Å²) in [6, 6.07) is 13.6. The van der Waals surface area contributed by atoms with Crippen molar-refractivity contribution in [2.24, 2.45) is 0 Å². The largest absolute Gasteiger partial charge is 0.393 e. The van der Waals surface area contributed by atoms with Gasteiger partial charge in [0.1, 0.15) is 5.69 Å². The number of nitrogens with one attached hydrogen (secondary N) is 1. The highest BCUT2D eigenvalue weighted by Crippen LogP contribution is 2.22. The number of carbonyl (C=O) groups excluding carboxylic acids is 1. The van der Waals surface area contributed by atoms with E-state index in [1.54, 1.807) is 6.20 Å². The average Bonchev–Trinajstić information content (AvgIpc) is 3.14. The summed E-state index contributed by atoms with van der Waals surface area (Å²) < 4.78 is 1.82. The maximum Gasteiger partial charge on any atom is 0.292 e. The van der Waals surface area contributed by atoms with Crippen LogP contribution in [0, 0.1) is 10.1 Å².